The van der Waals surface area contributed by atoms with Gasteiger partial charge in [0.1, 0.15) is 5.01 Å². The molecule has 2 N–H and O–H groups in total. The number of nitrogen functional groups attached to an aromatic ring is 1. The van der Waals surface area contributed by atoms with E-state index >= 15 is 0 Å². The lowest BCUT2D eigenvalue weighted by Crippen LogP contribution is -1.89. The number of nitro groups is 1. The molecule has 0 amide bonds. The van der Waals surface area contributed by atoms with E-state index < -0.39 is 4.92 Å². The summed E-state index contributed by atoms with van der Waals surface area (Å²) in [4.78, 5) is 15.3. The van der Waals surface area contributed by atoms with Crippen molar-refractivity contribution in [3.05, 3.63) is 75.5 Å². The van der Waals surface area contributed by atoms with Crippen LogP contribution in [0.5, 0.6) is 0 Å². The Balaban J connectivity index is 1.77. The van der Waals surface area contributed by atoms with E-state index in [4.69, 9.17) is 10.7 Å². The number of thiophene rings is 1. The molecule has 0 bridgehead atoms. The van der Waals surface area contributed by atoms with Crippen molar-refractivity contribution < 1.29 is 4.92 Å². The number of non-ortho nitro benzene ring substituents is 1. The molecule has 0 aliphatic heterocycles. The van der Waals surface area contributed by atoms with E-state index in [9.17, 15) is 10.1 Å². The molecule has 0 radical (unpaired) electrons. The summed E-state index contributed by atoms with van der Waals surface area (Å²) < 4.78 is 0. The second-order valence-electron chi connectivity index (χ2n) is 5.60. The maximum atomic E-state index is 11.0. The van der Waals surface area contributed by atoms with Gasteiger partial charge in [0.25, 0.3) is 5.69 Å². The molecular formula is C19H13N3O2S2. The Labute approximate surface area is 157 Å². The van der Waals surface area contributed by atoms with Crippen molar-refractivity contribution in [1.29, 1.82) is 0 Å². The van der Waals surface area contributed by atoms with Crippen LogP contribution in [-0.4, -0.2) is 9.91 Å². The highest BCUT2D eigenvalue weighted by Gasteiger charge is 2.17. The lowest BCUT2D eigenvalue weighted by molar-refractivity contribution is -0.384. The van der Waals surface area contributed by atoms with E-state index in [1.807, 2.05) is 47.2 Å². The number of nitro benzene ring substituents is 1. The van der Waals surface area contributed by atoms with E-state index in [1.54, 1.807) is 6.07 Å². The summed E-state index contributed by atoms with van der Waals surface area (Å²) in [5.74, 6) is 0. The number of nitrogens with zero attached hydrogens (tertiary/aromatic N) is 2. The van der Waals surface area contributed by atoms with E-state index in [2.05, 4.69) is 0 Å². The maximum absolute atomic E-state index is 11.0. The molecule has 0 aliphatic carbocycles. The predicted octanol–water partition coefficient (Wildman–Crippen LogP) is 5.70. The zero-order valence-electron chi connectivity index (χ0n) is 13.5. The Morgan fingerprint density at radius 2 is 1.73 bits per heavy atom. The summed E-state index contributed by atoms with van der Waals surface area (Å²) in [6.07, 6.45) is 0. The summed E-state index contributed by atoms with van der Waals surface area (Å²) in [6.45, 7) is 0. The standard InChI is InChI=1S/C19H13N3O2S2/c20-18-17(15(10-25-18)12-5-2-1-3-6-12)19-21-16(11-26-19)13-7-4-8-14(9-13)22(23)24/h1-11H,20H2. The largest absolute Gasteiger partial charge is 0.390 e. The molecule has 0 fully saturated rings. The van der Waals surface area contributed by atoms with Gasteiger partial charge >= 0.3 is 0 Å². The third-order valence-corrected chi connectivity index (χ3v) is 5.65. The predicted molar refractivity (Wildman–Crippen MR) is 107 cm³/mol. The quantitative estimate of drug-likeness (QED) is 0.364. The zero-order chi connectivity index (χ0) is 18.1. The van der Waals surface area contributed by atoms with Gasteiger partial charge in [0.15, 0.2) is 0 Å². The van der Waals surface area contributed by atoms with Gasteiger partial charge < -0.3 is 5.73 Å². The minimum atomic E-state index is -0.402. The van der Waals surface area contributed by atoms with E-state index in [1.165, 1.54) is 34.8 Å². The molecule has 2 aromatic carbocycles. The molecule has 0 atom stereocenters. The highest BCUT2D eigenvalue weighted by Crippen LogP contribution is 2.43. The monoisotopic (exact) mass is 379 g/mol. The van der Waals surface area contributed by atoms with E-state index in [0.717, 1.165) is 27.3 Å². The van der Waals surface area contributed by atoms with Crippen LogP contribution >= 0.6 is 22.7 Å². The molecule has 26 heavy (non-hydrogen) atoms. The molecule has 0 spiro atoms. The van der Waals surface area contributed by atoms with Crippen molar-refractivity contribution in [1.82, 2.24) is 4.98 Å². The van der Waals surface area contributed by atoms with Gasteiger partial charge in [-0.2, -0.15) is 0 Å². The number of nitrogens with two attached hydrogens (primary N) is 1. The first-order valence-electron chi connectivity index (χ1n) is 7.76. The van der Waals surface area contributed by atoms with Crippen molar-refractivity contribution in [3.8, 4) is 33.0 Å². The number of rotatable bonds is 4. The molecule has 4 rings (SSSR count). The number of hydrogen-bond acceptors (Lipinski definition) is 6. The highest BCUT2D eigenvalue weighted by atomic mass is 32.1. The van der Waals surface area contributed by atoms with Crippen LogP contribution in [0.3, 0.4) is 0 Å². The Hall–Kier alpha value is -3.03. The van der Waals surface area contributed by atoms with E-state index in [0.29, 0.717) is 10.7 Å². The molecule has 0 saturated carbocycles. The van der Waals surface area contributed by atoms with Gasteiger partial charge in [0.2, 0.25) is 0 Å². The van der Waals surface area contributed by atoms with Crippen LogP contribution in [0.4, 0.5) is 10.7 Å². The molecule has 2 aromatic heterocycles. The SMILES string of the molecule is Nc1scc(-c2ccccc2)c1-c1nc(-c2cccc([N+](=O)[O-])c2)cs1. The Morgan fingerprint density at radius 3 is 2.50 bits per heavy atom. The fourth-order valence-corrected chi connectivity index (χ4v) is 4.51. The first kappa shape index (κ1) is 16.4. The summed E-state index contributed by atoms with van der Waals surface area (Å²) in [6, 6.07) is 16.5. The van der Waals surface area contributed by atoms with Gasteiger partial charge in [-0.15, -0.1) is 22.7 Å². The minimum absolute atomic E-state index is 0.0528. The van der Waals surface area contributed by atoms with Crippen LogP contribution in [0.15, 0.2) is 65.4 Å². The van der Waals surface area contributed by atoms with Crippen LogP contribution in [0.1, 0.15) is 0 Å². The number of thiazole rings is 1. The second kappa shape index (κ2) is 6.70. The van der Waals surface area contributed by atoms with Crippen LogP contribution in [0.25, 0.3) is 33.0 Å². The molecule has 5 nitrogen and oxygen atoms in total. The molecule has 4 aromatic rings. The average molecular weight is 379 g/mol. The smallest absolute Gasteiger partial charge is 0.270 e. The highest BCUT2D eigenvalue weighted by molar-refractivity contribution is 7.17. The first-order valence-corrected chi connectivity index (χ1v) is 9.52. The van der Waals surface area contributed by atoms with E-state index in [-0.39, 0.29) is 5.69 Å². The van der Waals surface area contributed by atoms with Crippen LogP contribution in [0, 0.1) is 10.1 Å². The fourth-order valence-electron chi connectivity index (χ4n) is 2.72. The molecule has 7 heteroatoms. The fraction of sp³-hybridized carbons (Fsp3) is 0. The summed E-state index contributed by atoms with van der Waals surface area (Å²) in [5, 5.41) is 16.5. The molecular weight excluding hydrogens is 366 g/mol. The summed E-state index contributed by atoms with van der Waals surface area (Å²) in [5.41, 5.74) is 10.8. The lowest BCUT2D eigenvalue weighted by atomic mass is 10.0. The van der Waals surface area contributed by atoms with Gasteiger partial charge in [-0.25, -0.2) is 4.98 Å². The normalized spacial score (nSPS) is 10.8. The van der Waals surface area contributed by atoms with Crippen LogP contribution < -0.4 is 5.73 Å². The zero-order valence-corrected chi connectivity index (χ0v) is 15.1. The van der Waals surface area contributed by atoms with Crippen molar-refractivity contribution in [2.45, 2.75) is 0 Å². The summed E-state index contributed by atoms with van der Waals surface area (Å²) >= 11 is 2.97. The first-order chi connectivity index (χ1) is 12.6. The van der Waals surface area contributed by atoms with Gasteiger partial charge in [-0.1, -0.05) is 42.5 Å². The van der Waals surface area contributed by atoms with Gasteiger partial charge in [0, 0.05) is 34.0 Å². The Kier molecular flexibility index (Phi) is 4.24. The topological polar surface area (TPSA) is 82.0 Å². The Bertz CT molecular complexity index is 1090. The Morgan fingerprint density at radius 1 is 0.962 bits per heavy atom. The second-order valence-corrected chi connectivity index (χ2v) is 7.37. The molecule has 2 heterocycles. The van der Waals surface area contributed by atoms with Gasteiger partial charge in [0.05, 0.1) is 21.2 Å². The molecule has 0 unspecified atom stereocenters. The third kappa shape index (κ3) is 2.98. The lowest BCUT2D eigenvalue weighted by Gasteiger charge is -2.03. The number of hydrogen-bond donors (Lipinski definition) is 1. The molecule has 0 aliphatic rings. The molecule has 128 valence electrons. The minimum Gasteiger partial charge on any atom is -0.390 e. The van der Waals surface area contributed by atoms with Crippen molar-refractivity contribution in [2.24, 2.45) is 0 Å². The summed E-state index contributed by atoms with van der Waals surface area (Å²) in [7, 11) is 0. The number of benzene rings is 2. The van der Waals surface area contributed by atoms with Gasteiger partial charge in [-0.05, 0) is 5.56 Å². The number of anilines is 1. The molecule has 0 saturated heterocycles. The number of aromatic nitrogens is 1. The van der Waals surface area contributed by atoms with Crippen LogP contribution in [0.2, 0.25) is 0 Å². The van der Waals surface area contributed by atoms with Crippen molar-refractivity contribution >= 4 is 33.4 Å². The van der Waals surface area contributed by atoms with Crippen LogP contribution in [-0.2, 0) is 0 Å². The van der Waals surface area contributed by atoms with Crippen molar-refractivity contribution in [3.63, 3.8) is 0 Å². The average Bonchev–Trinajstić information content (AvgIpc) is 3.29. The van der Waals surface area contributed by atoms with Gasteiger partial charge in [-0.3, -0.25) is 10.1 Å². The third-order valence-electron chi connectivity index (χ3n) is 3.98. The maximum Gasteiger partial charge on any atom is 0.270 e. The van der Waals surface area contributed by atoms with Crippen molar-refractivity contribution in [2.75, 3.05) is 5.73 Å².